The Hall–Kier alpha value is -1.94. The number of carbonyl (C=O) groups excluding carboxylic acids is 4. The van der Waals surface area contributed by atoms with Crippen LogP contribution in [-0.2, 0) is 65.4 Å². The summed E-state index contributed by atoms with van der Waals surface area (Å²) >= 11 is 0. The van der Waals surface area contributed by atoms with Gasteiger partial charge in [0.1, 0.15) is 19.3 Å². The van der Waals surface area contributed by atoms with Crippen molar-refractivity contribution in [2.24, 2.45) is 17.8 Å². The molecular formula is C87H170O17P2. The normalized spacial score (nSPS) is 13.9. The molecule has 2 unspecified atom stereocenters. The smallest absolute Gasteiger partial charge is 0.462 e. The van der Waals surface area contributed by atoms with Crippen LogP contribution in [0.2, 0.25) is 0 Å². The van der Waals surface area contributed by atoms with Gasteiger partial charge in [0.05, 0.1) is 26.4 Å². The molecular weight excluding hydrogens is 1380 g/mol. The van der Waals surface area contributed by atoms with Crippen molar-refractivity contribution in [2.75, 3.05) is 39.6 Å². The zero-order valence-electron chi connectivity index (χ0n) is 69.9. The lowest BCUT2D eigenvalue weighted by Crippen LogP contribution is -2.30. The maximum Gasteiger partial charge on any atom is 0.472 e. The molecule has 0 heterocycles. The Labute approximate surface area is 651 Å². The molecule has 0 spiro atoms. The lowest BCUT2D eigenvalue weighted by molar-refractivity contribution is -0.161. The van der Waals surface area contributed by atoms with Gasteiger partial charge in [-0.1, -0.05) is 408 Å². The van der Waals surface area contributed by atoms with Crippen LogP contribution in [0.1, 0.15) is 459 Å². The largest absolute Gasteiger partial charge is 0.472 e. The average Bonchev–Trinajstić information content (AvgIpc) is 0.900. The molecule has 0 aromatic carbocycles. The first-order valence-electron chi connectivity index (χ1n) is 44.8. The number of aliphatic hydroxyl groups is 1. The van der Waals surface area contributed by atoms with Crippen LogP contribution in [0, 0.1) is 17.8 Å². The quantitative estimate of drug-likeness (QED) is 0.0222. The summed E-state index contributed by atoms with van der Waals surface area (Å²) in [5.74, 6) is 0.317. The highest BCUT2D eigenvalue weighted by Gasteiger charge is 2.30. The van der Waals surface area contributed by atoms with Gasteiger partial charge in [-0.25, -0.2) is 9.13 Å². The molecule has 3 N–H and O–H groups in total. The molecule has 0 aromatic rings. The van der Waals surface area contributed by atoms with Gasteiger partial charge in [-0.3, -0.25) is 37.3 Å². The van der Waals surface area contributed by atoms with Gasteiger partial charge in [0.2, 0.25) is 0 Å². The summed E-state index contributed by atoms with van der Waals surface area (Å²) in [6.45, 7) is 12.1. The van der Waals surface area contributed by atoms with Crippen LogP contribution in [0.4, 0.5) is 0 Å². The third kappa shape index (κ3) is 80.1. The Bertz CT molecular complexity index is 2040. The van der Waals surface area contributed by atoms with E-state index in [2.05, 4.69) is 48.5 Å². The van der Waals surface area contributed by atoms with Crippen LogP contribution in [0.25, 0.3) is 0 Å². The molecule has 0 saturated heterocycles. The van der Waals surface area contributed by atoms with Gasteiger partial charge in [0, 0.05) is 25.7 Å². The summed E-state index contributed by atoms with van der Waals surface area (Å²) in [5, 5.41) is 10.7. The van der Waals surface area contributed by atoms with Gasteiger partial charge in [-0.15, -0.1) is 0 Å². The Morgan fingerprint density at radius 2 is 0.434 bits per heavy atom. The van der Waals surface area contributed by atoms with Crippen LogP contribution >= 0.6 is 15.6 Å². The Morgan fingerprint density at radius 1 is 0.255 bits per heavy atom. The average molecular weight is 1550 g/mol. The maximum atomic E-state index is 13.2. The fraction of sp³-hybridized carbons (Fsp3) is 0.954. The van der Waals surface area contributed by atoms with Crippen LogP contribution in [0.15, 0.2) is 0 Å². The van der Waals surface area contributed by atoms with Crippen molar-refractivity contribution in [2.45, 2.75) is 478 Å². The van der Waals surface area contributed by atoms with E-state index in [1.807, 2.05) is 0 Å². The number of unbranched alkanes of at least 4 members (excludes halogenated alkanes) is 53. The van der Waals surface area contributed by atoms with E-state index in [4.69, 9.17) is 37.0 Å². The minimum atomic E-state index is -4.97. The second kappa shape index (κ2) is 77.0. The van der Waals surface area contributed by atoms with Crippen molar-refractivity contribution < 1.29 is 80.2 Å². The van der Waals surface area contributed by atoms with E-state index in [1.54, 1.807) is 0 Å². The van der Waals surface area contributed by atoms with Crippen molar-refractivity contribution in [3.05, 3.63) is 0 Å². The Balaban J connectivity index is 5.25. The molecule has 0 aliphatic carbocycles. The SMILES string of the molecule is CCCCCCCCCCCCCC(=O)OC[C@H](COP(=O)(O)OC[C@H](O)COP(=O)(O)OC[C@@H](COC(=O)CCCCCCCCCCCCCCCCCC(C)C)OC(=O)CCCCCCCCCCCCCCCCCCC(C)C)OC(=O)CCCCCCCCCCCCCCCCCC(C)C. The molecule has 0 aliphatic heterocycles. The van der Waals surface area contributed by atoms with Gasteiger partial charge in [0.25, 0.3) is 0 Å². The fourth-order valence-corrected chi connectivity index (χ4v) is 15.1. The van der Waals surface area contributed by atoms with Gasteiger partial charge >= 0.3 is 39.5 Å². The van der Waals surface area contributed by atoms with E-state index < -0.39 is 97.5 Å². The second-order valence-electron chi connectivity index (χ2n) is 32.7. The Kier molecular flexibility index (Phi) is 75.6. The molecule has 17 nitrogen and oxygen atoms in total. The molecule has 0 aliphatic rings. The molecule has 630 valence electrons. The van der Waals surface area contributed by atoms with Gasteiger partial charge in [-0.05, 0) is 43.4 Å². The van der Waals surface area contributed by atoms with E-state index in [0.29, 0.717) is 25.7 Å². The highest BCUT2D eigenvalue weighted by atomic mass is 31.2. The van der Waals surface area contributed by atoms with Gasteiger partial charge < -0.3 is 33.8 Å². The zero-order chi connectivity index (χ0) is 77.9. The predicted molar refractivity (Wildman–Crippen MR) is 437 cm³/mol. The summed E-state index contributed by atoms with van der Waals surface area (Å²) in [5.41, 5.74) is 0. The van der Waals surface area contributed by atoms with Gasteiger partial charge in [-0.2, -0.15) is 0 Å². The molecule has 0 radical (unpaired) electrons. The Morgan fingerprint density at radius 3 is 0.642 bits per heavy atom. The molecule has 5 atom stereocenters. The molecule has 0 fully saturated rings. The summed E-state index contributed by atoms with van der Waals surface area (Å²) in [7, 11) is -9.93. The van der Waals surface area contributed by atoms with Crippen molar-refractivity contribution in [1.29, 1.82) is 0 Å². The number of hydrogen-bond acceptors (Lipinski definition) is 15. The zero-order valence-corrected chi connectivity index (χ0v) is 71.7. The van der Waals surface area contributed by atoms with Crippen molar-refractivity contribution >= 4 is 39.5 Å². The van der Waals surface area contributed by atoms with Gasteiger partial charge in [0.15, 0.2) is 12.2 Å². The molecule has 0 bridgehead atoms. The number of carbonyl (C=O) groups is 4. The van der Waals surface area contributed by atoms with Crippen LogP contribution in [0.3, 0.4) is 0 Å². The minimum absolute atomic E-state index is 0.108. The van der Waals surface area contributed by atoms with E-state index in [9.17, 15) is 43.2 Å². The minimum Gasteiger partial charge on any atom is -0.462 e. The molecule has 0 rings (SSSR count). The molecule has 106 heavy (non-hydrogen) atoms. The molecule has 0 aromatic heterocycles. The number of phosphoric acid groups is 2. The third-order valence-electron chi connectivity index (χ3n) is 20.4. The molecule has 0 saturated carbocycles. The highest BCUT2D eigenvalue weighted by Crippen LogP contribution is 2.45. The number of hydrogen-bond donors (Lipinski definition) is 3. The first kappa shape index (κ1) is 104. The van der Waals surface area contributed by atoms with Crippen molar-refractivity contribution in [3.8, 4) is 0 Å². The predicted octanol–water partition coefficient (Wildman–Crippen LogP) is 26.5. The second-order valence-corrected chi connectivity index (χ2v) is 35.6. The number of ether oxygens (including phenoxy) is 4. The van der Waals surface area contributed by atoms with Crippen molar-refractivity contribution in [1.82, 2.24) is 0 Å². The summed E-state index contributed by atoms with van der Waals surface area (Å²) in [6, 6.07) is 0. The van der Waals surface area contributed by atoms with E-state index >= 15 is 0 Å². The fourth-order valence-electron chi connectivity index (χ4n) is 13.5. The van der Waals surface area contributed by atoms with Crippen LogP contribution in [0.5, 0.6) is 0 Å². The summed E-state index contributed by atoms with van der Waals surface area (Å²) in [6.07, 6.45) is 67.9. The molecule has 19 heteroatoms. The number of aliphatic hydroxyl groups excluding tert-OH is 1. The maximum absolute atomic E-state index is 13.2. The summed E-state index contributed by atoms with van der Waals surface area (Å²) < 4.78 is 68.9. The van der Waals surface area contributed by atoms with E-state index in [1.165, 1.54) is 270 Å². The number of rotatable bonds is 85. The van der Waals surface area contributed by atoms with Crippen LogP contribution in [-0.4, -0.2) is 96.7 Å². The number of phosphoric ester groups is 2. The number of esters is 4. The summed E-state index contributed by atoms with van der Waals surface area (Å²) in [4.78, 5) is 73.3. The lowest BCUT2D eigenvalue weighted by atomic mass is 10.0. The van der Waals surface area contributed by atoms with Crippen molar-refractivity contribution in [3.63, 3.8) is 0 Å². The monoisotopic (exact) mass is 1550 g/mol. The standard InChI is InChI=1S/C87H170O17P2/c1-8-9-10-11-12-13-30-40-47-54-61-68-84(89)97-74-82(103-87(92)71-64-57-50-43-36-29-23-17-20-26-33-39-46-53-60-67-80(6)7)76-101-105(93,94)99-72-81(88)73-100-106(95,96)102-77-83(75-98-85(90)69-62-55-48-41-34-27-22-16-19-25-32-38-45-52-59-66-79(4)5)104-86(91)70-63-56-49-42-35-28-21-15-14-18-24-31-37-44-51-58-65-78(2)3/h78-83,88H,8-77H2,1-7H3,(H,93,94)(H,95,96)/t81-,82+,83+/m0/s1. The van der Waals surface area contributed by atoms with E-state index in [0.717, 1.165) is 108 Å². The lowest BCUT2D eigenvalue weighted by Gasteiger charge is -2.21. The highest BCUT2D eigenvalue weighted by molar-refractivity contribution is 7.47. The first-order valence-corrected chi connectivity index (χ1v) is 47.8. The first-order chi connectivity index (χ1) is 51.2. The van der Waals surface area contributed by atoms with E-state index in [-0.39, 0.29) is 25.7 Å². The third-order valence-corrected chi connectivity index (χ3v) is 22.3. The topological polar surface area (TPSA) is 237 Å². The van der Waals surface area contributed by atoms with Crippen LogP contribution < -0.4 is 0 Å². The molecule has 0 amide bonds.